The zero-order valence-corrected chi connectivity index (χ0v) is 19.1. The summed E-state index contributed by atoms with van der Waals surface area (Å²) in [6.07, 6.45) is 2.37. The Morgan fingerprint density at radius 3 is 2.50 bits per heavy atom. The molecule has 1 aromatic carbocycles. The summed E-state index contributed by atoms with van der Waals surface area (Å²) in [7, 11) is -0.546. The highest BCUT2D eigenvalue weighted by Gasteiger charge is 2.26. The summed E-state index contributed by atoms with van der Waals surface area (Å²) < 4.78 is 41.5. The van der Waals surface area contributed by atoms with E-state index in [-0.39, 0.29) is 40.9 Å². The molecule has 0 aliphatic heterocycles. The van der Waals surface area contributed by atoms with Crippen LogP contribution in [-0.2, 0) is 21.6 Å². The van der Waals surface area contributed by atoms with E-state index in [0.29, 0.717) is 11.3 Å². The average molecular weight is 457 g/mol. The summed E-state index contributed by atoms with van der Waals surface area (Å²) in [6, 6.07) is 2.74. The SMILES string of the molecule is CCSC(=O)Oc1c(C(=O)c2ccc(S(C)(=O)=O)c(OCCOC)c2C)cnn1C. The van der Waals surface area contributed by atoms with E-state index in [1.165, 1.54) is 30.1 Å². The summed E-state index contributed by atoms with van der Waals surface area (Å²) in [5, 5.41) is 3.46. The maximum absolute atomic E-state index is 13.2. The van der Waals surface area contributed by atoms with Crippen LogP contribution in [0.4, 0.5) is 4.79 Å². The van der Waals surface area contributed by atoms with Gasteiger partial charge in [0.25, 0.3) is 0 Å². The molecule has 0 saturated carbocycles. The lowest BCUT2D eigenvalue weighted by molar-refractivity contribution is 0.103. The lowest BCUT2D eigenvalue weighted by atomic mass is 10.00. The lowest BCUT2D eigenvalue weighted by Gasteiger charge is -2.16. The van der Waals surface area contributed by atoms with Gasteiger partial charge in [0.15, 0.2) is 9.84 Å². The third-order valence-electron chi connectivity index (χ3n) is 4.12. The van der Waals surface area contributed by atoms with Crippen molar-refractivity contribution >= 4 is 32.7 Å². The minimum atomic E-state index is -3.59. The molecule has 0 amide bonds. The molecule has 0 radical (unpaired) electrons. The summed E-state index contributed by atoms with van der Waals surface area (Å²) in [5.41, 5.74) is 0.645. The van der Waals surface area contributed by atoms with E-state index in [0.717, 1.165) is 18.0 Å². The molecule has 0 N–H and O–H groups in total. The van der Waals surface area contributed by atoms with Crippen LogP contribution >= 0.6 is 11.8 Å². The van der Waals surface area contributed by atoms with Crippen LogP contribution in [0.2, 0.25) is 0 Å². The van der Waals surface area contributed by atoms with Crippen molar-refractivity contribution in [3.8, 4) is 11.6 Å². The average Bonchev–Trinajstić information content (AvgIpc) is 3.02. The third kappa shape index (κ3) is 5.41. The van der Waals surface area contributed by atoms with E-state index >= 15 is 0 Å². The number of benzene rings is 1. The highest BCUT2D eigenvalue weighted by Crippen LogP contribution is 2.33. The number of ketones is 1. The Kier molecular flexibility index (Phi) is 8.04. The van der Waals surface area contributed by atoms with Crippen molar-refractivity contribution in [2.24, 2.45) is 7.05 Å². The normalized spacial score (nSPS) is 11.4. The Balaban J connectivity index is 2.51. The van der Waals surface area contributed by atoms with Gasteiger partial charge in [0.2, 0.25) is 11.7 Å². The Hall–Kier alpha value is -2.37. The molecule has 1 heterocycles. The zero-order chi connectivity index (χ0) is 22.5. The zero-order valence-electron chi connectivity index (χ0n) is 17.4. The molecule has 9 nitrogen and oxygen atoms in total. The molecular weight excluding hydrogens is 432 g/mol. The van der Waals surface area contributed by atoms with Crippen LogP contribution in [0.25, 0.3) is 0 Å². The first kappa shape index (κ1) is 23.9. The number of aryl methyl sites for hydroxylation is 1. The summed E-state index contributed by atoms with van der Waals surface area (Å²) in [4.78, 5) is 25.1. The highest BCUT2D eigenvalue weighted by atomic mass is 32.2. The van der Waals surface area contributed by atoms with Crippen LogP contribution in [-0.4, -0.2) is 61.6 Å². The maximum atomic E-state index is 13.2. The summed E-state index contributed by atoms with van der Waals surface area (Å²) in [6.45, 7) is 3.76. The van der Waals surface area contributed by atoms with Gasteiger partial charge in [-0.3, -0.25) is 4.79 Å². The van der Waals surface area contributed by atoms with Crippen molar-refractivity contribution in [2.75, 3.05) is 32.3 Å². The number of sulfone groups is 1. The number of ether oxygens (including phenoxy) is 3. The van der Waals surface area contributed by atoms with Gasteiger partial charge >= 0.3 is 5.30 Å². The number of carbonyl (C=O) groups excluding carboxylic acids is 2. The van der Waals surface area contributed by atoms with Crippen molar-refractivity contribution in [3.63, 3.8) is 0 Å². The van der Waals surface area contributed by atoms with E-state index in [9.17, 15) is 18.0 Å². The molecule has 0 unspecified atom stereocenters. The molecule has 164 valence electrons. The number of rotatable bonds is 9. The van der Waals surface area contributed by atoms with Crippen molar-refractivity contribution in [2.45, 2.75) is 18.7 Å². The predicted octanol–water partition coefficient (Wildman–Crippen LogP) is 2.64. The number of hydrogen-bond donors (Lipinski definition) is 0. The lowest BCUT2D eigenvalue weighted by Crippen LogP contribution is -2.13. The Morgan fingerprint density at radius 1 is 1.20 bits per heavy atom. The molecule has 0 fully saturated rings. The molecule has 1 aromatic heterocycles. The predicted molar refractivity (Wildman–Crippen MR) is 112 cm³/mol. The van der Waals surface area contributed by atoms with E-state index in [1.807, 2.05) is 0 Å². The third-order valence-corrected chi connectivity index (χ3v) is 5.85. The quantitative estimate of drug-likeness (QED) is 0.319. The van der Waals surface area contributed by atoms with E-state index < -0.39 is 20.9 Å². The van der Waals surface area contributed by atoms with Crippen LogP contribution in [0.1, 0.15) is 28.4 Å². The molecule has 2 rings (SSSR count). The van der Waals surface area contributed by atoms with Gasteiger partial charge in [-0.1, -0.05) is 6.92 Å². The highest BCUT2D eigenvalue weighted by molar-refractivity contribution is 8.13. The first-order valence-corrected chi connectivity index (χ1v) is 11.9. The number of nitrogens with zero attached hydrogens (tertiary/aromatic N) is 2. The Morgan fingerprint density at radius 2 is 1.90 bits per heavy atom. The van der Waals surface area contributed by atoms with Crippen LogP contribution in [0, 0.1) is 6.92 Å². The molecule has 30 heavy (non-hydrogen) atoms. The first-order chi connectivity index (χ1) is 14.1. The molecule has 0 saturated heterocycles. The molecule has 2 aromatic rings. The summed E-state index contributed by atoms with van der Waals surface area (Å²) >= 11 is 0.964. The van der Waals surface area contributed by atoms with Crippen LogP contribution in [0.5, 0.6) is 11.6 Å². The van der Waals surface area contributed by atoms with Crippen molar-refractivity contribution in [1.82, 2.24) is 9.78 Å². The van der Waals surface area contributed by atoms with Crippen LogP contribution < -0.4 is 9.47 Å². The second-order valence-electron chi connectivity index (χ2n) is 6.28. The Bertz CT molecular complexity index is 1050. The minimum Gasteiger partial charge on any atom is -0.490 e. The molecule has 0 atom stereocenters. The van der Waals surface area contributed by atoms with Crippen LogP contribution in [0.3, 0.4) is 0 Å². The van der Waals surface area contributed by atoms with Gasteiger partial charge in [0, 0.05) is 37.3 Å². The van der Waals surface area contributed by atoms with Gasteiger partial charge in [0.05, 0.1) is 12.8 Å². The van der Waals surface area contributed by atoms with Crippen molar-refractivity contribution in [3.05, 3.63) is 35.0 Å². The fraction of sp³-hybridized carbons (Fsp3) is 0.421. The fourth-order valence-electron chi connectivity index (χ4n) is 2.69. The number of methoxy groups -OCH3 is 1. The number of aromatic nitrogens is 2. The first-order valence-electron chi connectivity index (χ1n) is 8.98. The second kappa shape index (κ2) is 10.1. The Labute approximate surface area is 179 Å². The van der Waals surface area contributed by atoms with Gasteiger partial charge in [-0.25, -0.2) is 17.9 Å². The molecule has 0 bridgehead atoms. The van der Waals surface area contributed by atoms with E-state index in [2.05, 4.69) is 5.10 Å². The smallest absolute Gasteiger partial charge is 0.374 e. The van der Waals surface area contributed by atoms with Gasteiger partial charge in [-0.05, 0) is 30.8 Å². The molecule has 0 aliphatic rings. The van der Waals surface area contributed by atoms with E-state index in [1.54, 1.807) is 20.9 Å². The van der Waals surface area contributed by atoms with Crippen LogP contribution in [0.15, 0.2) is 23.2 Å². The largest absolute Gasteiger partial charge is 0.490 e. The molecule has 0 spiro atoms. The fourth-order valence-corrected chi connectivity index (χ4v) is 3.92. The second-order valence-corrected chi connectivity index (χ2v) is 9.46. The van der Waals surface area contributed by atoms with E-state index in [4.69, 9.17) is 14.2 Å². The maximum Gasteiger partial charge on any atom is 0.374 e. The topological polar surface area (TPSA) is 114 Å². The minimum absolute atomic E-state index is 0.0133. The molecule has 11 heteroatoms. The number of thioether (sulfide) groups is 1. The number of carbonyl (C=O) groups is 2. The van der Waals surface area contributed by atoms with Gasteiger partial charge in [0.1, 0.15) is 22.8 Å². The van der Waals surface area contributed by atoms with Crippen molar-refractivity contribution < 1.29 is 32.2 Å². The monoisotopic (exact) mass is 456 g/mol. The van der Waals surface area contributed by atoms with Gasteiger partial charge in [-0.2, -0.15) is 5.10 Å². The van der Waals surface area contributed by atoms with Gasteiger partial charge in [-0.15, -0.1) is 0 Å². The molecular formula is C19H24N2O7S2. The standard InChI is InChI=1S/C19H24N2O7S2/c1-6-29-19(23)28-18-14(11-20-21(18)3)16(22)13-7-8-15(30(5,24)25)17(12(13)2)27-10-9-26-4/h7-8,11H,6,9-10H2,1-5H3. The number of hydrogen-bond acceptors (Lipinski definition) is 9. The van der Waals surface area contributed by atoms with Gasteiger partial charge < -0.3 is 14.2 Å². The van der Waals surface area contributed by atoms with Crippen molar-refractivity contribution in [1.29, 1.82) is 0 Å². The summed E-state index contributed by atoms with van der Waals surface area (Å²) in [5.74, 6) is 0.152. The molecule has 0 aliphatic carbocycles.